The number of hydrogen-bond donors (Lipinski definition) is 1. The maximum Gasteiger partial charge on any atom is 0.0945 e. The maximum atomic E-state index is 5.04. The zero-order valence-corrected chi connectivity index (χ0v) is 12.1. The number of piperidine rings is 1. The lowest BCUT2D eigenvalue weighted by Gasteiger charge is -2.32. The van der Waals surface area contributed by atoms with E-state index in [1.165, 1.54) is 31.6 Å². The van der Waals surface area contributed by atoms with Gasteiger partial charge in [0.15, 0.2) is 0 Å². The minimum Gasteiger partial charge on any atom is -0.383 e. The van der Waals surface area contributed by atoms with Crippen molar-refractivity contribution in [3.05, 3.63) is 18.2 Å². The molecule has 0 atom stereocenters. The van der Waals surface area contributed by atoms with Crippen LogP contribution in [0.4, 0.5) is 0 Å². The highest BCUT2D eigenvalue weighted by atomic mass is 16.5. The number of methoxy groups -OCH3 is 1. The predicted octanol–water partition coefficient (Wildman–Crippen LogP) is 0.868. The summed E-state index contributed by atoms with van der Waals surface area (Å²) in [7, 11) is 3.81. The van der Waals surface area contributed by atoms with E-state index < -0.39 is 0 Å². The molecule has 0 amide bonds. The summed E-state index contributed by atoms with van der Waals surface area (Å²) in [6, 6.07) is 0. The minimum absolute atomic E-state index is 0.805. The third kappa shape index (κ3) is 4.60. The number of imidazole rings is 1. The molecule has 1 aromatic heterocycles. The van der Waals surface area contributed by atoms with Gasteiger partial charge in [-0.15, -0.1) is 0 Å². The van der Waals surface area contributed by atoms with E-state index in [0.717, 1.165) is 32.2 Å². The van der Waals surface area contributed by atoms with Crippen molar-refractivity contribution in [2.45, 2.75) is 19.4 Å². The number of hydrogen-bond acceptors (Lipinski definition) is 4. The topological polar surface area (TPSA) is 42.3 Å². The fourth-order valence-electron chi connectivity index (χ4n) is 2.60. The normalized spacial score (nSPS) is 18.0. The molecule has 108 valence electrons. The monoisotopic (exact) mass is 266 g/mol. The Labute approximate surface area is 116 Å². The number of rotatable bonds is 7. The molecule has 2 rings (SSSR count). The lowest BCUT2D eigenvalue weighted by atomic mass is 9.96. The Balaban J connectivity index is 1.64. The van der Waals surface area contributed by atoms with E-state index in [2.05, 4.69) is 26.8 Å². The Bertz CT molecular complexity index is 358. The summed E-state index contributed by atoms with van der Waals surface area (Å²) in [6.45, 7) is 6.32. The molecule has 1 fully saturated rings. The third-order valence-corrected chi connectivity index (χ3v) is 3.93. The van der Waals surface area contributed by atoms with Crippen LogP contribution in [0.25, 0.3) is 0 Å². The molecule has 0 spiro atoms. The first kappa shape index (κ1) is 14.5. The molecular formula is C14H26N4O. The van der Waals surface area contributed by atoms with Gasteiger partial charge in [-0.05, 0) is 38.4 Å². The van der Waals surface area contributed by atoms with Crippen molar-refractivity contribution in [1.82, 2.24) is 19.8 Å². The zero-order chi connectivity index (χ0) is 13.5. The first-order valence-corrected chi connectivity index (χ1v) is 7.17. The molecule has 0 unspecified atom stereocenters. The lowest BCUT2D eigenvalue weighted by Crippen LogP contribution is -2.37. The first-order valence-electron chi connectivity index (χ1n) is 7.17. The number of aryl methyl sites for hydroxylation is 1. The molecule has 0 bridgehead atoms. The maximum absolute atomic E-state index is 5.04. The Hall–Kier alpha value is -0.910. The number of aromatic nitrogens is 2. The van der Waals surface area contributed by atoms with Crippen LogP contribution in [0, 0.1) is 5.92 Å². The molecule has 1 aromatic rings. The van der Waals surface area contributed by atoms with E-state index in [0.29, 0.717) is 0 Å². The van der Waals surface area contributed by atoms with Crippen molar-refractivity contribution >= 4 is 0 Å². The molecular weight excluding hydrogens is 240 g/mol. The van der Waals surface area contributed by atoms with Gasteiger partial charge in [0.05, 0.1) is 18.6 Å². The summed E-state index contributed by atoms with van der Waals surface area (Å²) < 4.78 is 7.15. The molecule has 2 heterocycles. The number of nitrogens with one attached hydrogen (secondary N) is 1. The van der Waals surface area contributed by atoms with Crippen LogP contribution < -0.4 is 5.32 Å². The van der Waals surface area contributed by atoms with Gasteiger partial charge in [-0.25, -0.2) is 4.98 Å². The molecule has 0 aliphatic carbocycles. The Kier molecular flexibility index (Phi) is 5.82. The summed E-state index contributed by atoms with van der Waals surface area (Å²) >= 11 is 0. The van der Waals surface area contributed by atoms with Gasteiger partial charge in [0.2, 0.25) is 0 Å². The Morgan fingerprint density at radius 1 is 1.42 bits per heavy atom. The van der Waals surface area contributed by atoms with Crippen LogP contribution in [-0.2, 0) is 18.3 Å². The van der Waals surface area contributed by atoms with Crippen molar-refractivity contribution in [3.63, 3.8) is 0 Å². The van der Waals surface area contributed by atoms with E-state index in [9.17, 15) is 0 Å². The standard InChI is InChI=1S/C14H26N4O/c1-17-12-16-10-14(17)11-18-6-3-13(4-7-18)9-15-5-8-19-2/h10,12-13,15H,3-9,11H2,1-2H3. The van der Waals surface area contributed by atoms with Gasteiger partial charge >= 0.3 is 0 Å². The average Bonchev–Trinajstić information content (AvgIpc) is 2.82. The van der Waals surface area contributed by atoms with Crippen molar-refractivity contribution < 1.29 is 4.74 Å². The largest absolute Gasteiger partial charge is 0.383 e. The van der Waals surface area contributed by atoms with Gasteiger partial charge < -0.3 is 14.6 Å². The number of ether oxygens (including phenoxy) is 1. The van der Waals surface area contributed by atoms with Crippen molar-refractivity contribution in [2.75, 3.05) is 39.9 Å². The Morgan fingerprint density at radius 2 is 2.21 bits per heavy atom. The van der Waals surface area contributed by atoms with Gasteiger partial charge in [-0.1, -0.05) is 0 Å². The van der Waals surface area contributed by atoms with Crippen molar-refractivity contribution in [2.24, 2.45) is 13.0 Å². The second-order valence-electron chi connectivity index (χ2n) is 5.41. The van der Waals surface area contributed by atoms with Crippen LogP contribution in [0.1, 0.15) is 18.5 Å². The molecule has 0 saturated carbocycles. The summed E-state index contributed by atoms with van der Waals surface area (Å²) in [4.78, 5) is 6.71. The fraction of sp³-hybridized carbons (Fsp3) is 0.786. The minimum atomic E-state index is 0.805. The van der Waals surface area contributed by atoms with Crippen LogP contribution in [0.2, 0.25) is 0 Å². The summed E-state index contributed by atoms with van der Waals surface area (Å²) in [5, 5.41) is 3.47. The Morgan fingerprint density at radius 3 is 2.84 bits per heavy atom. The van der Waals surface area contributed by atoms with Crippen molar-refractivity contribution in [1.29, 1.82) is 0 Å². The first-order chi connectivity index (χ1) is 9.29. The average molecular weight is 266 g/mol. The predicted molar refractivity (Wildman–Crippen MR) is 76.0 cm³/mol. The van der Waals surface area contributed by atoms with Gasteiger partial charge in [-0.2, -0.15) is 0 Å². The molecule has 5 nitrogen and oxygen atoms in total. The SMILES string of the molecule is COCCNCC1CCN(Cc2cncn2C)CC1. The van der Waals surface area contributed by atoms with E-state index in [4.69, 9.17) is 4.74 Å². The van der Waals surface area contributed by atoms with Crippen LogP contribution >= 0.6 is 0 Å². The van der Waals surface area contributed by atoms with Gasteiger partial charge in [0.25, 0.3) is 0 Å². The summed E-state index contributed by atoms with van der Waals surface area (Å²) in [5.41, 5.74) is 1.30. The highest BCUT2D eigenvalue weighted by Crippen LogP contribution is 2.18. The second kappa shape index (κ2) is 7.62. The number of nitrogens with zero attached hydrogens (tertiary/aromatic N) is 3. The van der Waals surface area contributed by atoms with E-state index in [-0.39, 0.29) is 0 Å². The summed E-state index contributed by atoms with van der Waals surface area (Å²) in [5.74, 6) is 0.819. The molecule has 1 aliphatic rings. The molecule has 1 aliphatic heterocycles. The van der Waals surface area contributed by atoms with Gasteiger partial charge in [0, 0.05) is 33.4 Å². The zero-order valence-electron chi connectivity index (χ0n) is 12.1. The van der Waals surface area contributed by atoms with Crippen LogP contribution in [-0.4, -0.2) is 54.3 Å². The quantitative estimate of drug-likeness (QED) is 0.744. The van der Waals surface area contributed by atoms with Crippen LogP contribution in [0.15, 0.2) is 12.5 Å². The smallest absolute Gasteiger partial charge is 0.0945 e. The van der Waals surface area contributed by atoms with Crippen LogP contribution in [0.5, 0.6) is 0 Å². The highest BCUT2D eigenvalue weighted by molar-refractivity contribution is 4.97. The molecule has 0 radical (unpaired) electrons. The van der Waals surface area contributed by atoms with Crippen LogP contribution in [0.3, 0.4) is 0 Å². The number of likely N-dealkylation sites (tertiary alicyclic amines) is 1. The molecule has 1 N–H and O–H groups in total. The van der Waals surface area contributed by atoms with Crippen molar-refractivity contribution in [3.8, 4) is 0 Å². The van der Waals surface area contributed by atoms with E-state index in [1.807, 2.05) is 12.5 Å². The molecule has 19 heavy (non-hydrogen) atoms. The summed E-state index contributed by atoms with van der Waals surface area (Å²) in [6.07, 6.45) is 6.43. The lowest BCUT2D eigenvalue weighted by molar-refractivity contribution is 0.166. The fourth-order valence-corrected chi connectivity index (χ4v) is 2.60. The molecule has 5 heteroatoms. The molecule has 0 aromatic carbocycles. The highest BCUT2D eigenvalue weighted by Gasteiger charge is 2.19. The van der Waals surface area contributed by atoms with Gasteiger partial charge in [0.1, 0.15) is 0 Å². The molecule has 1 saturated heterocycles. The van der Waals surface area contributed by atoms with Gasteiger partial charge in [-0.3, -0.25) is 4.90 Å². The van der Waals surface area contributed by atoms with E-state index >= 15 is 0 Å². The third-order valence-electron chi connectivity index (χ3n) is 3.93. The van der Waals surface area contributed by atoms with E-state index in [1.54, 1.807) is 7.11 Å². The second-order valence-corrected chi connectivity index (χ2v) is 5.41.